The van der Waals surface area contributed by atoms with E-state index in [1.165, 1.54) is 6.07 Å². The van der Waals surface area contributed by atoms with Crippen LogP contribution in [0.4, 0.5) is 21.9 Å². The third kappa shape index (κ3) is 5.66. The molecule has 0 saturated heterocycles. The molecule has 0 radical (unpaired) electrons. The van der Waals surface area contributed by atoms with Gasteiger partial charge < -0.3 is 16.0 Å². The molecule has 0 aromatic heterocycles. The molecule has 2 amide bonds. The van der Waals surface area contributed by atoms with Gasteiger partial charge in [0.1, 0.15) is 11.4 Å². The number of carbonyl (C=O) groups excluding carboxylic acids is 1. The van der Waals surface area contributed by atoms with Crippen molar-refractivity contribution in [3.05, 3.63) is 79.6 Å². The summed E-state index contributed by atoms with van der Waals surface area (Å²) in [5.74, 6) is 0. The highest BCUT2D eigenvalue weighted by atomic mass is 35.5. The molecule has 0 heterocycles. The standard InChI is InChI=1S/C24H25ClN4O5S/c1-14-4-2-3-5-19(14)35(33,34)29-21-20(22(30)23(21)31)26-16-10-12-18(13-11-16)28-24(32)27-17-8-6-15(25)7-9-17/h2-9,16,18,26,29H,10-13H2,1H3,(H2,27,28,32). The van der Waals surface area contributed by atoms with E-state index in [4.69, 9.17) is 11.6 Å². The van der Waals surface area contributed by atoms with Gasteiger partial charge in [0.15, 0.2) is 0 Å². The molecular formula is C24H25ClN4O5S. The van der Waals surface area contributed by atoms with Crippen molar-refractivity contribution in [2.24, 2.45) is 0 Å². The van der Waals surface area contributed by atoms with Gasteiger partial charge >= 0.3 is 6.03 Å². The maximum Gasteiger partial charge on any atom is 0.319 e. The van der Waals surface area contributed by atoms with E-state index in [2.05, 4.69) is 20.7 Å². The quantitative estimate of drug-likeness (QED) is 0.355. The van der Waals surface area contributed by atoms with Crippen LogP contribution in [0.15, 0.2) is 63.0 Å². The number of rotatable bonds is 7. The van der Waals surface area contributed by atoms with Crippen molar-refractivity contribution in [3.63, 3.8) is 0 Å². The minimum absolute atomic E-state index is 0.0101. The minimum atomic E-state index is -4.01. The number of urea groups is 1. The molecule has 11 heteroatoms. The van der Waals surface area contributed by atoms with Crippen LogP contribution in [0.2, 0.25) is 5.02 Å². The molecule has 9 nitrogen and oxygen atoms in total. The van der Waals surface area contributed by atoms with E-state index in [9.17, 15) is 22.8 Å². The molecule has 4 N–H and O–H groups in total. The summed E-state index contributed by atoms with van der Waals surface area (Å²) in [6.45, 7) is 1.65. The first-order valence-corrected chi connectivity index (χ1v) is 13.0. The van der Waals surface area contributed by atoms with E-state index in [0.717, 1.165) is 0 Å². The topological polar surface area (TPSA) is 133 Å². The van der Waals surface area contributed by atoms with Crippen molar-refractivity contribution in [1.29, 1.82) is 0 Å². The summed E-state index contributed by atoms with van der Waals surface area (Å²) in [7, 11) is -4.01. The van der Waals surface area contributed by atoms with E-state index in [-0.39, 0.29) is 34.4 Å². The average Bonchev–Trinajstić information content (AvgIpc) is 2.83. The van der Waals surface area contributed by atoms with Crippen LogP contribution in [0, 0.1) is 6.92 Å². The normalized spacial score (nSPS) is 18.1. The summed E-state index contributed by atoms with van der Waals surface area (Å²) in [6, 6.07) is 12.7. The smallest absolute Gasteiger partial charge is 0.319 e. The van der Waals surface area contributed by atoms with Crippen LogP contribution in [0.1, 0.15) is 31.2 Å². The zero-order valence-corrected chi connectivity index (χ0v) is 20.5. The van der Waals surface area contributed by atoms with Crippen molar-refractivity contribution in [3.8, 4) is 0 Å². The van der Waals surface area contributed by atoms with E-state index in [1.807, 2.05) is 0 Å². The number of sulfonamides is 1. The van der Waals surface area contributed by atoms with Crippen molar-refractivity contribution in [2.75, 3.05) is 15.4 Å². The molecule has 0 bridgehead atoms. The van der Waals surface area contributed by atoms with Crippen LogP contribution in [-0.4, -0.2) is 26.5 Å². The number of anilines is 3. The molecule has 4 rings (SSSR count). The van der Waals surface area contributed by atoms with Crippen molar-refractivity contribution in [2.45, 2.75) is 49.6 Å². The monoisotopic (exact) mass is 516 g/mol. The first kappa shape index (κ1) is 24.7. The number of hydrogen-bond donors (Lipinski definition) is 4. The van der Waals surface area contributed by atoms with Crippen molar-refractivity contribution in [1.82, 2.24) is 5.32 Å². The fourth-order valence-corrected chi connectivity index (χ4v) is 5.60. The minimum Gasteiger partial charge on any atom is -0.377 e. The van der Waals surface area contributed by atoms with Gasteiger partial charge in [-0.1, -0.05) is 29.8 Å². The number of nitrogens with one attached hydrogen (secondary N) is 4. The predicted molar refractivity (Wildman–Crippen MR) is 137 cm³/mol. The van der Waals surface area contributed by atoms with Gasteiger partial charge in [-0.3, -0.25) is 14.3 Å². The van der Waals surface area contributed by atoms with Crippen LogP contribution in [-0.2, 0) is 10.0 Å². The van der Waals surface area contributed by atoms with Crippen LogP contribution < -0.4 is 31.5 Å². The Morgan fingerprint density at radius 3 is 2.14 bits per heavy atom. The van der Waals surface area contributed by atoms with E-state index in [1.54, 1.807) is 49.4 Å². The maximum atomic E-state index is 12.8. The summed E-state index contributed by atoms with van der Waals surface area (Å²) in [5, 5.41) is 9.30. The molecular weight excluding hydrogens is 492 g/mol. The number of hydrogen-bond acceptors (Lipinski definition) is 6. The highest BCUT2D eigenvalue weighted by molar-refractivity contribution is 7.92. The number of carbonyl (C=O) groups is 1. The van der Waals surface area contributed by atoms with Crippen LogP contribution in [0.3, 0.4) is 0 Å². The summed E-state index contributed by atoms with van der Waals surface area (Å²) in [6.07, 6.45) is 2.58. The summed E-state index contributed by atoms with van der Waals surface area (Å²) < 4.78 is 27.8. The highest BCUT2D eigenvalue weighted by Crippen LogP contribution is 2.26. The molecule has 0 aliphatic heterocycles. The molecule has 0 spiro atoms. The lowest BCUT2D eigenvalue weighted by Gasteiger charge is -2.31. The van der Waals surface area contributed by atoms with Crippen LogP contribution in [0.25, 0.3) is 0 Å². The zero-order valence-electron chi connectivity index (χ0n) is 18.9. The maximum absolute atomic E-state index is 12.8. The van der Waals surface area contributed by atoms with E-state index < -0.39 is 20.9 Å². The molecule has 1 fully saturated rings. The molecule has 0 atom stereocenters. The summed E-state index contributed by atoms with van der Waals surface area (Å²) in [5.41, 5.74) is -0.694. The van der Waals surface area contributed by atoms with Gasteiger partial charge in [0.05, 0.1) is 4.90 Å². The largest absolute Gasteiger partial charge is 0.377 e. The van der Waals surface area contributed by atoms with Crippen molar-refractivity contribution < 1.29 is 13.2 Å². The fraction of sp³-hybridized carbons (Fsp3) is 0.292. The second kappa shape index (κ2) is 10.1. The molecule has 0 unspecified atom stereocenters. The van der Waals surface area contributed by atoms with E-state index >= 15 is 0 Å². The third-order valence-corrected chi connectivity index (χ3v) is 7.80. The van der Waals surface area contributed by atoms with Gasteiger partial charge in [-0.15, -0.1) is 0 Å². The molecule has 1 aliphatic rings. The van der Waals surface area contributed by atoms with Gasteiger partial charge in [0, 0.05) is 22.8 Å². The second-order valence-corrected chi connectivity index (χ2v) is 10.7. The molecule has 3 aromatic rings. The first-order valence-electron chi connectivity index (χ1n) is 11.2. The Kier molecular flexibility index (Phi) is 7.13. The average molecular weight is 517 g/mol. The van der Waals surface area contributed by atoms with E-state index in [0.29, 0.717) is 42.0 Å². The zero-order chi connectivity index (χ0) is 25.2. The lowest BCUT2D eigenvalue weighted by atomic mass is 9.91. The number of benzene rings is 2. The van der Waals surface area contributed by atoms with Gasteiger partial charge in [0.25, 0.3) is 20.9 Å². The predicted octanol–water partition coefficient (Wildman–Crippen LogP) is 3.59. The SMILES string of the molecule is Cc1ccccc1S(=O)(=O)Nc1c(NC2CCC(NC(=O)Nc3ccc(Cl)cc3)CC2)c(=O)c1=O. The Hall–Kier alpha value is -3.37. The molecule has 1 saturated carbocycles. The number of amides is 2. The number of aryl methyl sites for hydroxylation is 1. The highest BCUT2D eigenvalue weighted by Gasteiger charge is 2.30. The van der Waals surface area contributed by atoms with Gasteiger partial charge in [-0.25, -0.2) is 13.2 Å². The Morgan fingerprint density at radius 2 is 1.49 bits per heavy atom. The molecule has 1 aliphatic carbocycles. The Bertz CT molecular complexity index is 1410. The fourth-order valence-electron chi connectivity index (χ4n) is 4.15. The molecule has 35 heavy (non-hydrogen) atoms. The molecule has 3 aromatic carbocycles. The number of halogens is 1. The molecule has 184 valence electrons. The Balaban J connectivity index is 1.33. The lowest BCUT2D eigenvalue weighted by Crippen LogP contribution is -2.44. The van der Waals surface area contributed by atoms with Gasteiger partial charge in [0.2, 0.25) is 0 Å². The van der Waals surface area contributed by atoms with Crippen LogP contribution >= 0.6 is 11.6 Å². The van der Waals surface area contributed by atoms with Crippen LogP contribution in [0.5, 0.6) is 0 Å². The lowest BCUT2D eigenvalue weighted by molar-refractivity contribution is 0.243. The summed E-state index contributed by atoms with van der Waals surface area (Å²) >= 11 is 5.85. The van der Waals surface area contributed by atoms with Crippen molar-refractivity contribution >= 4 is 44.7 Å². The van der Waals surface area contributed by atoms with Gasteiger partial charge in [-0.05, 0) is 68.5 Å². The van der Waals surface area contributed by atoms with Gasteiger partial charge in [-0.2, -0.15) is 0 Å². The Morgan fingerprint density at radius 1 is 0.886 bits per heavy atom. The Labute approximate surface area is 207 Å². The second-order valence-electron chi connectivity index (χ2n) is 8.58. The third-order valence-electron chi connectivity index (χ3n) is 6.04. The first-order chi connectivity index (χ1) is 16.6. The summed E-state index contributed by atoms with van der Waals surface area (Å²) in [4.78, 5) is 36.6.